The van der Waals surface area contributed by atoms with Gasteiger partial charge >= 0.3 is 7.82 Å². The molecule has 0 spiro atoms. The van der Waals surface area contributed by atoms with Crippen molar-refractivity contribution in [2.75, 3.05) is 11.9 Å². The Balaban J connectivity index is 1.84. The minimum atomic E-state index is -4.08. The van der Waals surface area contributed by atoms with Gasteiger partial charge in [0.1, 0.15) is 11.9 Å². The predicted octanol–water partition coefficient (Wildman–Crippen LogP) is 7.72. The number of phosphoric acid groups is 1. The Bertz CT molecular complexity index is 1690. The number of carbonyl (C=O) groups is 1. The van der Waals surface area contributed by atoms with Gasteiger partial charge in [-0.3, -0.25) is 23.3 Å². The van der Waals surface area contributed by atoms with Crippen molar-refractivity contribution < 1.29 is 27.3 Å². The second-order valence-electron chi connectivity index (χ2n) is 12.0. The number of halogens is 1. The minimum absolute atomic E-state index is 0.274. The van der Waals surface area contributed by atoms with Gasteiger partial charge in [-0.15, -0.1) is 0 Å². The first kappa shape index (κ1) is 32.2. The topological polar surface area (TPSA) is 109 Å². The first-order chi connectivity index (χ1) is 20.0. The second kappa shape index (κ2) is 12.1. The van der Waals surface area contributed by atoms with Gasteiger partial charge in [-0.1, -0.05) is 6.58 Å². The predicted molar refractivity (Wildman–Crippen MR) is 165 cm³/mol. The number of carbonyl (C=O) groups excluding carboxylic acids is 1. The van der Waals surface area contributed by atoms with E-state index in [4.69, 9.17) is 18.6 Å². The molecule has 0 radical (unpaired) electrons. The fraction of sp³-hybridized carbons (Fsp3) is 0.355. The van der Waals surface area contributed by atoms with Crippen molar-refractivity contribution in [2.24, 2.45) is 0 Å². The number of fused-ring (bicyclic) bond motifs is 1. The van der Waals surface area contributed by atoms with E-state index in [2.05, 4.69) is 16.5 Å². The molecule has 4 aromatic rings. The van der Waals surface area contributed by atoms with E-state index < -0.39 is 31.2 Å². The number of amides is 1. The van der Waals surface area contributed by atoms with E-state index in [9.17, 15) is 13.8 Å². The summed E-state index contributed by atoms with van der Waals surface area (Å²) in [5.41, 5.74) is 2.05. The third-order valence-electron chi connectivity index (χ3n) is 6.10. The molecule has 0 fully saturated rings. The van der Waals surface area contributed by atoms with Gasteiger partial charge in [0.15, 0.2) is 0 Å². The van der Waals surface area contributed by atoms with Crippen molar-refractivity contribution >= 4 is 30.5 Å². The third kappa shape index (κ3) is 7.80. The lowest BCUT2D eigenvalue weighted by molar-refractivity contribution is -0.113. The van der Waals surface area contributed by atoms with Gasteiger partial charge in [0.05, 0.1) is 23.1 Å². The van der Waals surface area contributed by atoms with Crippen LogP contribution in [0.5, 0.6) is 0 Å². The highest BCUT2D eigenvalue weighted by molar-refractivity contribution is 7.48. The molecule has 1 amide bonds. The molecule has 0 aliphatic carbocycles. The average molecular weight is 610 g/mol. The highest BCUT2D eigenvalue weighted by Crippen LogP contribution is 2.57. The summed E-state index contributed by atoms with van der Waals surface area (Å²) in [6.45, 7) is 15.8. The molecule has 228 valence electrons. The molecule has 43 heavy (non-hydrogen) atoms. The van der Waals surface area contributed by atoms with Crippen molar-refractivity contribution in [2.45, 2.75) is 65.9 Å². The standard InChI is InChI=1S/C31H37FN5O5P/c1-10-28(38)36(9)24-13-22(16-33-18-24)23-14-25-26(21-11-12-34-27(32)15-21)19-37(29(25)35-17-23)20(2)40-43(39,41-30(3,4)5)42-31(6,7)8/h10-20H,1H2,2-9H3. The van der Waals surface area contributed by atoms with Crippen LogP contribution in [0.15, 0.2) is 67.9 Å². The smallest absolute Gasteiger partial charge is 0.310 e. The number of hydrogen-bond donors (Lipinski definition) is 0. The van der Waals surface area contributed by atoms with E-state index in [1.165, 1.54) is 23.2 Å². The molecule has 0 N–H and O–H groups in total. The maximum Gasteiger partial charge on any atom is 0.477 e. The fourth-order valence-corrected chi connectivity index (χ4v) is 6.31. The number of rotatable bonds is 9. The summed E-state index contributed by atoms with van der Waals surface area (Å²) >= 11 is 0. The molecule has 0 saturated heterocycles. The van der Waals surface area contributed by atoms with Crippen molar-refractivity contribution in [1.82, 2.24) is 19.5 Å². The van der Waals surface area contributed by atoms with Crippen LogP contribution in [0.4, 0.5) is 10.1 Å². The van der Waals surface area contributed by atoms with Crippen molar-refractivity contribution in [1.29, 1.82) is 0 Å². The molecule has 4 rings (SSSR count). The maximum atomic E-state index is 14.2. The lowest BCUT2D eigenvalue weighted by atomic mass is 10.0. The average Bonchev–Trinajstić information content (AvgIpc) is 3.29. The Morgan fingerprint density at radius 3 is 2.28 bits per heavy atom. The van der Waals surface area contributed by atoms with Crippen LogP contribution in [0.3, 0.4) is 0 Å². The normalized spacial score (nSPS) is 13.2. The summed E-state index contributed by atoms with van der Waals surface area (Å²) in [6, 6.07) is 6.72. The summed E-state index contributed by atoms with van der Waals surface area (Å²) in [5, 5.41) is 0.669. The minimum Gasteiger partial charge on any atom is -0.310 e. The van der Waals surface area contributed by atoms with E-state index in [0.29, 0.717) is 39.0 Å². The molecular formula is C31H37FN5O5P. The summed E-state index contributed by atoms with van der Waals surface area (Å²) in [4.78, 5) is 26.3. The van der Waals surface area contributed by atoms with Crippen molar-refractivity contribution in [3.8, 4) is 22.3 Å². The first-order valence-corrected chi connectivity index (χ1v) is 15.1. The van der Waals surface area contributed by atoms with Crippen LogP contribution in [0, 0.1) is 5.95 Å². The quantitative estimate of drug-likeness (QED) is 0.108. The van der Waals surface area contributed by atoms with Crippen LogP contribution in [0.25, 0.3) is 33.3 Å². The Morgan fingerprint density at radius 1 is 1.02 bits per heavy atom. The molecule has 4 aromatic heterocycles. The molecule has 12 heteroatoms. The summed E-state index contributed by atoms with van der Waals surface area (Å²) in [7, 11) is -2.45. The molecule has 0 aliphatic heterocycles. The molecule has 0 aromatic carbocycles. The van der Waals surface area contributed by atoms with Gasteiger partial charge in [0, 0.05) is 60.0 Å². The molecule has 0 saturated carbocycles. The Morgan fingerprint density at radius 2 is 1.67 bits per heavy atom. The van der Waals surface area contributed by atoms with Gasteiger partial charge in [-0.05, 0) is 78.3 Å². The molecule has 4 heterocycles. The van der Waals surface area contributed by atoms with E-state index >= 15 is 0 Å². The molecule has 1 atom stereocenters. The van der Waals surface area contributed by atoms with Crippen LogP contribution in [-0.2, 0) is 22.9 Å². The number of pyridine rings is 3. The number of nitrogens with zero attached hydrogens (tertiary/aromatic N) is 5. The highest BCUT2D eigenvalue weighted by Gasteiger charge is 2.39. The molecule has 10 nitrogen and oxygen atoms in total. The summed E-state index contributed by atoms with van der Waals surface area (Å²) in [6.07, 6.45) is 8.41. The number of anilines is 1. The molecule has 1 unspecified atom stereocenters. The van der Waals surface area contributed by atoms with Crippen LogP contribution in [0.2, 0.25) is 0 Å². The van der Waals surface area contributed by atoms with E-state index in [0.717, 1.165) is 0 Å². The zero-order valence-corrected chi connectivity index (χ0v) is 26.6. The number of hydrogen-bond acceptors (Lipinski definition) is 8. The van der Waals surface area contributed by atoms with Crippen molar-refractivity contribution in [3.05, 3.63) is 73.9 Å². The number of phosphoric ester groups is 1. The zero-order chi connectivity index (χ0) is 31.7. The highest BCUT2D eigenvalue weighted by atomic mass is 31.2. The van der Waals surface area contributed by atoms with Crippen LogP contribution >= 0.6 is 7.82 Å². The van der Waals surface area contributed by atoms with Crippen LogP contribution < -0.4 is 4.90 Å². The van der Waals surface area contributed by atoms with Crippen LogP contribution in [0.1, 0.15) is 54.7 Å². The fourth-order valence-electron chi connectivity index (χ4n) is 4.37. The Labute approximate surface area is 251 Å². The van der Waals surface area contributed by atoms with Gasteiger partial charge in [-0.2, -0.15) is 4.39 Å². The monoisotopic (exact) mass is 609 g/mol. The second-order valence-corrected chi connectivity index (χ2v) is 13.5. The Kier molecular flexibility index (Phi) is 9.04. The Hall–Kier alpha value is -3.76. The number of aromatic nitrogens is 4. The van der Waals surface area contributed by atoms with Gasteiger partial charge < -0.3 is 9.47 Å². The largest absolute Gasteiger partial charge is 0.477 e. The van der Waals surface area contributed by atoms with Crippen LogP contribution in [-0.4, -0.2) is 43.7 Å². The first-order valence-electron chi connectivity index (χ1n) is 13.7. The zero-order valence-electron chi connectivity index (χ0n) is 25.7. The van der Waals surface area contributed by atoms with Gasteiger partial charge in [-0.25, -0.2) is 14.5 Å². The third-order valence-corrected chi connectivity index (χ3v) is 8.21. The van der Waals surface area contributed by atoms with Crippen molar-refractivity contribution in [3.63, 3.8) is 0 Å². The number of likely N-dealkylation sites (N-methyl/N-ethyl adjacent to an activating group) is 1. The van der Waals surface area contributed by atoms with Gasteiger partial charge in [0.25, 0.3) is 0 Å². The summed E-state index contributed by atoms with van der Waals surface area (Å²) in [5.74, 6) is -0.913. The molecule has 0 bridgehead atoms. The molecular weight excluding hydrogens is 572 g/mol. The summed E-state index contributed by atoms with van der Waals surface area (Å²) < 4.78 is 47.5. The lowest BCUT2D eigenvalue weighted by Crippen LogP contribution is -2.25. The lowest BCUT2D eigenvalue weighted by Gasteiger charge is -2.32. The van der Waals surface area contributed by atoms with E-state index in [1.807, 2.05) is 12.1 Å². The SMILES string of the molecule is C=CC(=O)N(C)c1cncc(-c2cnc3c(c2)c(-c2ccnc(F)c2)cn3C(C)OP(=O)(OC(C)(C)C)OC(C)(C)C)c1. The van der Waals surface area contributed by atoms with E-state index in [-0.39, 0.29) is 5.91 Å². The molecule has 0 aliphatic rings. The van der Waals surface area contributed by atoms with Gasteiger partial charge in [0.2, 0.25) is 11.9 Å². The maximum absolute atomic E-state index is 14.2. The van der Waals surface area contributed by atoms with E-state index in [1.54, 1.807) is 90.9 Å².